The van der Waals surface area contributed by atoms with Gasteiger partial charge >= 0.3 is 5.97 Å². The second kappa shape index (κ2) is 7.86. The number of rotatable bonds is 4. The second-order valence-electron chi connectivity index (χ2n) is 6.99. The molecule has 4 rings (SSSR count). The fraction of sp³-hybridized carbons (Fsp3) is 0.273. The van der Waals surface area contributed by atoms with E-state index in [0.29, 0.717) is 17.0 Å². The number of methoxy groups -OCH3 is 1. The molecule has 6 heteroatoms. The Morgan fingerprint density at radius 1 is 1.00 bits per heavy atom. The lowest BCUT2D eigenvalue weighted by atomic mass is 10.1. The van der Waals surface area contributed by atoms with Crippen LogP contribution in [-0.2, 0) is 4.74 Å². The summed E-state index contributed by atoms with van der Waals surface area (Å²) in [6, 6.07) is 17.4. The van der Waals surface area contributed by atoms with Crippen LogP contribution in [0.2, 0.25) is 0 Å². The average Bonchev–Trinajstić information content (AvgIpc) is 3.24. The molecular formula is C22H23N3O3. The Morgan fingerprint density at radius 3 is 2.46 bits per heavy atom. The molecule has 2 aromatic carbocycles. The molecule has 2 heterocycles. The van der Waals surface area contributed by atoms with Gasteiger partial charge in [-0.2, -0.15) is 0 Å². The topological polar surface area (TPSA) is 58.8 Å². The highest BCUT2D eigenvalue weighted by Gasteiger charge is 2.15. The van der Waals surface area contributed by atoms with Gasteiger partial charge in [-0.15, -0.1) is 0 Å². The van der Waals surface area contributed by atoms with E-state index < -0.39 is 0 Å². The number of nitrogens with zero attached hydrogens (tertiary/aromatic N) is 3. The van der Waals surface area contributed by atoms with E-state index in [-0.39, 0.29) is 5.97 Å². The second-order valence-corrected chi connectivity index (χ2v) is 6.99. The third-order valence-corrected chi connectivity index (χ3v) is 5.11. The van der Waals surface area contributed by atoms with Gasteiger partial charge in [0.15, 0.2) is 5.76 Å². The van der Waals surface area contributed by atoms with Gasteiger partial charge in [0.1, 0.15) is 5.69 Å². The Kier molecular flexibility index (Phi) is 5.12. The third-order valence-electron chi connectivity index (χ3n) is 5.11. The minimum absolute atomic E-state index is 0.370. The van der Waals surface area contributed by atoms with E-state index in [9.17, 15) is 4.79 Å². The summed E-state index contributed by atoms with van der Waals surface area (Å²) in [5, 5.41) is 4.17. The first-order valence-electron chi connectivity index (χ1n) is 9.33. The lowest BCUT2D eigenvalue weighted by molar-refractivity contribution is 0.0601. The van der Waals surface area contributed by atoms with Crippen molar-refractivity contribution in [2.45, 2.75) is 0 Å². The summed E-state index contributed by atoms with van der Waals surface area (Å²) in [5.74, 6) is 0.327. The van der Waals surface area contributed by atoms with Crippen LogP contribution in [0.3, 0.4) is 0 Å². The van der Waals surface area contributed by atoms with Crippen LogP contribution in [0.4, 0.5) is 5.69 Å². The van der Waals surface area contributed by atoms with Crippen molar-refractivity contribution in [1.82, 2.24) is 10.1 Å². The van der Waals surface area contributed by atoms with Gasteiger partial charge in [0, 0.05) is 49.1 Å². The summed E-state index contributed by atoms with van der Waals surface area (Å²) >= 11 is 0. The number of benzene rings is 2. The normalized spacial score (nSPS) is 14.9. The number of hydrogen-bond acceptors (Lipinski definition) is 6. The molecule has 0 unspecified atom stereocenters. The maximum atomic E-state index is 11.7. The Morgan fingerprint density at radius 2 is 1.75 bits per heavy atom. The smallest absolute Gasteiger partial charge is 0.337 e. The highest BCUT2D eigenvalue weighted by Crippen LogP contribution is 2.28. The molecule has 0 N–H and O–H groups in total. The van der Waals surface area contributed by atoms with Gasteiger partial charge < -0.3 is 19.1 Å². The number of anilines is 1. The molecule has 1 saturated heterocycles. The third kappa shape index (κ3) is 3.77. The predicted octanol–water partition coefficient (Wildman–Crippen LogP) is 3.55. The van der Waals surface area contributed by atoms with E-state index in [4.69, 9.17) is 9.26 Å². The predicted molar refractivity (Wildman–Crippen MR) is 108 cm³/mol. The molecule has 1 aliphatic rings. The molecule has 0 atom stereocenters. The summed E-state index contributed by atoms with van der Waals surface area (Å²) < 4.78 is 10.3. The zero-order chi connectivity index (χ0) is 19.5. The molecule has 1 fully saturated rings. The number of piperazine rings is 1. The van der Waals surface area contributed by atoms with Crippen LogP contribution in [0.15, 0.2) is 59.1 Å². The van der Waals surface area contributed by atoms with Gasteiger partial charge in [0.2, 0.25) is 0 Å². The van der Waals surface area contributed by atoms with Crippen LogP contribution in [0.5, 0.6) is 0 Å². The molecule has 0 aliphatic carbocycles. The van der Waals surface area contributed by atoms with E-state index in [1.165, 1.54) is 12.8 Å². The Bertz CT molecular complexity index is 957. The summed E-state index contributed by atoms with van der Waals surface area (Å²) in [5.41, 5.74) is 4.18. The van der Waals surface area contributed by atoms with Crippen molar-refractivity contribution < 1.29 is 14.1 Å². The number of ether oxygens (including phenoxy) is 1. The molecule has 144 valence electrons. The first kappa shape index (κ1) is 18.3. The van der Waals surface area contributed by atoms with E-state index in [1.807, 2.05) is 12.1 Å². The van der Waals surface area contributed by atoms with Crippen molar-refractivity contribution in [3.63, 3.8) is 0 Å². The van der Waals surface area contributed by atoms with Crippen molar-refractivity contribution in [2.24, 2.45) is 0 Å². The van der Waals surface area contributed by atoms with E-state index >= 15 is 0 Å². The highest BCUT2D eigenvalue weighted by molar-refractivity contribution is 5.90. The molecule has 6 nitrogen and oxygen atoms in total. The largest absolute Gasteiger partial charge is 0.465 e. The minimum Gasteiger partial charge on any atom is -0.465 e. The van der Waals surface area contributed by atoms with Crippen molar-refractivity contribution in [2.75, 3.05) is 45.2 Å². The van der Waals surface area contributed by atoms with E-state index in [2.05, 4.69) is 46.3 Å². The molecule has 0 bridgehead atoms. The molecular weight excluding hydrogens is 354 g/mol. The zero-order valence-electron chi connectivity index (χ0n) is 16.1. The molecule has 0 amide bonds. The maximum Gasteiger partial charge on any atom is 0.337 e. The van der Waals surface area contributed by atoms with Crippen molar-refractivity contribution in [3.8, 4) is 22.6 Å². The summed E-state index contributed by atoms with van der Waals surface area (Å²) in [6.45, 7) is 4.24. The minimum atomic E-state index is -0.370. The lowest BCUT2D eigenvalue weighted by Crippen LogP contribution is -2.44. The molecule has 1 aromatic heterocycles. The van der Waals surface area contributed by atoms with Gasteiger partial charge in [-0.25, -0.2) is 4.79 Å². The van der Waals surface area contributed by atoms with Crippen molar-refractivity contribution in [1.29, 1.82) is 0 Å². The Hall–Kier alpha value is -3.12. The Labute approximate surface area is 164 Å². The molecule has 3 aromatic rings. The van der Waals surface area contributed by atoms with Crippen LogP contribution < -0.4 is 4.90 Å². The first-order valence-corrected chi connectivity index (χ1v) is 9.33. The Balaban J connectivity index is 1.52. The van der Waals surface area contributed by atoms with Crippen LogP contribution in [0.1, 0.15) is 10.4 Å². The molecule has 1 aliphatic heterocycles. The lowest BCUT2D eigenvalue weighted by Gasteiger charge is -2.34. The highest BCUT2D eigenvalue weighted by atomic mass is 16.5. The number of hydrogen-bond donors (Lipinski definition) is 0. The van der Waals surface area contributed by atoms with E-state index in [1.54, 1.807) is 18.2 Å². The van der Waals surface area contributed by atoms with E-state index in [0.717, 1.165) is 37.3 Å². The zero-order valence-corrected chi connectivity index (χ0v) is 16.1. The summed E-state index contributed by atoms with van der Waals surface area (Å²) in [4.78, 5) is 16.5. The monoisotopic (exact) mass is 377 g/mol. The summed E-state index contributed by atoms with van der Waals surface area (Å²) in [6.07, 6.45) is 0. The van der Waals surface area contributed by atoms with Gasteiger partial charge in [-0.1, -0.05) is 17.3 Å². The standard InChI is InChI=1S/C22H23N3O3/c1-24-10-12-25(13-11-24)19-8-6-16(7-9-19)21-15-20(23-28-21)17-4-3-5-18(14-17)22(26)27-2/h3-9,14-15H,10-13H2,1-2H3. The van der Waals surface area contributed by atoms with Crippen LogP contribution in [0.25, 0.3) is 22.6 Å². The first-order chi connectivity index (χ1) is 13.6. The SMILES string of the molecule is COC(=O)c1cccc(-c2cc(-c3ccc(N4CCN(C)CC4)cc3)on2)c1. The number of aromatic nitrogens is 1. The maximum absolute atomic E-state index is 11.7. The van der Waals surface area contributed by atoms with Crippen LogP contribution >= 0.6 is 0 Å². The number of carbonyl (C=O) groups is 1. The number of esters is 1. The molecule has 0 radical (unpaired) electrons. The van der Waals surface area contributed by atoms with Crippen LogP contribution in [-0.4, -0.2) is 56.4 Å². The van der Waals surface area contributed by atoms with Gasteiger partial charge in [0.05, 0.1) is 12.7 Å². The van der Waals surface area contributed by atoms with Crippen molar-refractivity contribution >= 4 is 11.7 Å². The quantitative estimate of drug-likeness (QED) is 0.648. The summed E-state index contributed by atoms with van der Waals surface area (Å²) in [7, 11) is 3.53. The average molecular weight is 377 g/mol. The fourth-order valence-corrected chi connectivity index (χ4v) is 3.37. The molecule has 0 spiro atoms. The van der Waals surface area contributed by atoms with Gasteiger partial charge in [-0.05, 0) is 43.4 Å². The van der Waals surface area contributed by atoms with Crippen LogP contribution in [0, 0.1) is 0 Å². The van der Waals surface area contributed by atoms with Gasteiger partial charge in [0.25, 0.3) is 0 Å². The van der Waals surface area contributed by atoms with Crippen molar-refractivity contribution in [3.05, 3.63) is 60.2 Å². The van der Waals surface area contributed by atoms with Gasteiger partial charge in [-0.3, -0.25) is 0 Å². The molecule has 0 saturated carbocycles. The molecule has 28 heavy (non-hydrogen) atoms. The number of likely N-dealkylation sites (N-methyl/N-ethyl adjacent to an activating group) is 1. The number of carbonyl (C=O) groups excluding carboxylic acids is 1. The fourth-order valence-electron chi connectivity index (χ4n) is 3.37.